The molecule has 0 fully saturated rings. The van der Waals surface area contributed by atoms with E-state index in [1.54, 1.807) is 17.9 Å². The molecule has 0 aliphatic rings. The van der Waals surface area contributed by atoms with Crippen molar-refractivity contribution in [2.45, 2.75) is 20.3 Å². The van der Waals surface area contributed by atoms with Crippen LogP contribution in [0.1, 0.15) is 29.3 Å². The Hall–Kier alpha value is -1.43. The number of alkyl halides is 1. The smallest absolute Gasteiger partial charge is 0.270 e. The van der Waals surface area contributed by atoms with Crippen molar-refractivity contribution in [3.8, 4) is 0 Å². The van der Waals surface area contributed by atoms with Crippen LogP contribution in [0.5, 0.6) is 0 Å². The zero-order valence-corrected chi connectivity index (χ0v) is 12.6. The molecule has 0 saturated heterocycles. The highest BCUT2D eigenvalue weighted by Crippen LogP contribution is 2.18. The van der Waals surface area contributed by atoms with Gasteiger partial charge in [0, 0.05) is 36.1 Å². The number of carbonyl (C=O) groups is 1. The van der Waals surface area contributed by atoms with E-state index in [4.69, 9.17) is 0 Å². The minimum atomic E-state index is -0.474. The number of amides is 1. The zero-order chi connectivity index (χ0) is 14.4. The predicted molar refractivity (Wildman–Crippen MR) is 77.8 cm³/mol. The number of nitro groups is 1. The lowest BCUT2D eigenvalue weighted by molar-refractivity contribution is -0.384. The summed E-state index contributed by atoms with van der Waals surface area (Å²) in [5, 5.41) is 11.6. The fraction of sp³-hybridized carbons (Fsp3) is 0.462. The number of aryl methyl sites for hydroxylation is 1. The van der Waals surface area contributed by atoms with E-state index >= 15 is 0 Å². The van der Waals surface area contributed by atoms with E-state index in [1.165, 1.54) is 12.1 Å². The summed E-state index contributed by atoms with van der Waals surface area (Å²) in [7, 11) is 0. The summed E-state index contributed by atoms with van der Waals surface area (Å²) < 4.78 is 0. The van der Waals surface area contributed by atoms with Crippen LogP contribution < -0.4 is 0 Å². The number of benzene rings is 1. The molecule has 0 atom stereocenters. The van der Waals surface area contributed by atoms with Crippen LogP contribution in [0.3, 0.4) is 0 Å². The molecule has 0 heterocycles. The third-order valence-electron chi connectivity index (χ3n) is 2.75. The second-order valence-electron chi connectivity index (χ2n) is 4.24. The Balaban J connectivity index is 3.00. The number of nitro benzene ring substituents is 1. The molecule has 1 amide bonds. The average Bonchev–Trinajstić information content (AvgIpc) is 2.38. The standard InChI is InChI=1S/C13H17BrN2O3/c1-3-15(6-4-5-14)13(17)11-7-10(2)8-12(9-11)16(18)19/h7-9H,3-6H2,1-2H3. The molecule has 0 radical (unpaired) electrons. The first-order valence-electron chi connectivity index (χ1n) is 6.11. The second-order valence-corrected chi connectivity index (χ2v) is 5.03. The fourth-order valence-corrected chi connectivity index (χ4v) is 2.08. The lowest BCUT2D eigenvalue weighted by Crippen LogP contribution is -2.32. The van der Waals surface area contributed by atoms with Crippen molar-refractivity contribution >= 4 is 27.5 Å². The highest BCUT2D eigenvalue weighted by Gasteiger charge is 2.17. The van der Waals surface area contributed by atoms with Crippen LogP contribution in [0.15, 0.2) is 18.2 Å². The van der Waals surface area contributed by atoms with Gasteiger partial charge in [0.15, 0.2) is 0 Å². The summed E-state index contributed by atoms with van der Waals surface area (Å²) in [5.41, 5.74) is 1.05. The number of rotatable bonds is 6. The van der Waals surface area contributed by atoms with Crippen molar-refractivity contribution in [2.24, 2.45) is 0 Å². The van der Waals surface area contributed by atoms with Gasteiger partial charge in [0.05, 0.1) is 4.92 Å². The lowest BCUT2D eigenvalue weighted by atomic mass is 10.1. The first-order chi connectivity index (χ1) is 8.99. The molecule has 0 aliphatic heterocycles. The van der Waals surface area contributed by atoms with Crippen LogP contribution >= 0.6 is 15.9 Å². The van der Waals surface area contributed by atoms with Crippen LogP contribution in [0.25, 0.3) is 0 Å². The van der Waals surface area contributed by atoms with Gasteiger partial charge in [0.1, 0.15) is 0 Å². The molecule has 5 nitrogen and oxygen atoms in total. The largest absolute Gasteiger partial charge is 0.339 e. The first-order valence-corrected chi connectivity index (χ1v) is 7.23. The summed E-state index contributed by atoms with van der Waals surface area (Å²) in [5.74, 6) is -0.157. The van der Waals surface area contributed by atoms with Gasteiger partial charge in [-0.25, -0.2) is 0 Å². The van der Waals surface area contributed by atoms with E-state index in [-0.39, 0.29) is 11.6 Å². The van der Waals surface area contributed by atoms with E-state index < -0.39 is 4.92 Å². The number of hydrogen-bond acceptors (Lipinski definition) is 3. The van der Waals surface area contributed by atoms with Crippen LogP contribution in [0, 0.1) is 17.0 Å². The van der Waals surface area contributed by atoms with Crippen molar-refractivity contribution in [3.05, 3.63) is 39.4 Å². The van der Waals surface area contributed by atoms with Gasteiger partial charge >= 0.3 is 0 Å². The van der Waals surface area contributed by atoms with E-state index in [0.29, 0.717) is 24.2 Å². The van der Waals surface area contributed by atoms with Crippen molar-refractivity contribution in [1.29, 1.82) is 0 Å². The molecular weight excluding hydrogens is 312 g/mol. The van der Waals surface area contributed by atoms with Crippen LogP contribution in [0.2, 0.25) is 0 Å². The summed E-state index contributed by atoms with van der Waals surface area (Å²) in [6, 6.07) is 4.49. The molecule has 1 aromatic carbocycles. The minimum Gasteiger partial charge on any atom is -0.339 e. The number of hydrogen-bond donors (Lipinski definition) is 0. The van der Waals surface area contributed by atoms with E-state index in [9.17, 15) is 14.9 Å². The predicted octanol–water partition coefficient (Wildman–Crippen LogP) is 3.15. The van der Waals surface area contributed by atoms with Crippen LogP contribution in [-0.4, -0.2) is 34.2 Å². The molecule has 0 spiro atoms. The molecule has 1 aromatic rings. The van der Waals surface area contributed by atoms with Gasteiger partial charge in [-0.05, 0) is 31.9 Å². The Labute approximate surface area is 120 Å². The van der Waals surface area contributed by atoms with Gasteiger partial charge in [0.25, 0.3) is 11.6 Å². The fourth-order valence-electron chi connectivity index (χ4n) is 1.83. The minimum absolute atomic E-state index is 0.0418. The van der Waals surface area contributed by atoms with Crippen molar-refractivity contribution < 1.29 is 9.72 Å². The Morgan fingerprint density at radius 3 is 2.63 bits per heavy atom. The van der Waals surface area contributed by atoms with E-state index in [2.05, 4.69) is 15.9 Å². The molecule has 0 N–H and O–H groups in total. The van der Waals surface area contributed by atoms with Gasteiger partial charge < -0.3 is 4.90 Å². The van der Waals surface area contributed by atoms with Crippen molar-refractivity contribution in [1.82, 2.24) is 4.90 Å². The molecule has 0 aromatic heterocycles. The summed E-state index contributed by atoms with van der Waals surface area (Å²) in [4.78, 5) is 24.3. The second kappa shape index (κ2) is 7.23. The number of nitrogens with zero attached hydrogens (tertiary/aromatic N) is 2. The summed E-state index contributed by atoms with van der Waals surface area (Å²) >= 11 is 3.33. The summed E-state index contributed by atoms with van der Waals surface area (Å²) in [6.45, 7) is 4.88. The molecule has 1 rings (SSSR count). The molecule has 0 aliphatic carbocycles. The topological polar surface area (TPSA) is 63.5 Å². The van der Waals surface area contributed by atoms with Crippen molar-refractivity contribution in [3.63, 3.8) is 0 Å². The van der Waals surface area contributed by atoms with Gasteiger partial charge in [0.2, 0.25) is 0 Å². The highest BCUT2D eigenvalue weighted by atomic mass is 79.9. The molecule has 0 saturated carbocycles. The van der Waals surface area contributed by atoms with E-state index in [1.807, 2.05) is 6.92 Å². The molecular formula is C13H17BrN2O3. The Bertz CT molecular complexity index is 477. The lowest BCUT2D eigenvalue weighted by Gasteiger charge is -2.20. The number of carbonyl (C=O) groups excluding carboxylic acids is 1. The molecule has 104 valence electrons. The van der Waals surface area contributed by atoms with Crippen LogP contribution in [-0.2, 0) is 0 Å². The number of non-ortho nitro benzene ring substituents is 1. The molecule has 0 bridgehead atoms. The molecule has 6 heteroatoms. The first kappa shape index (κ1) is 15.6. The maximum atomic E-state index is 12.3. The maximum absolute atomic E-state index is 12.3. The quantitative estimate of drug-likeness (QED) is 0.457. The van der Waals surface area contributed by atoms with Crippen LogP contribution in [0.4, 0.5) is 5.69 Å². The normalized spacial score (nSPS) is 10.3. The third-order valence-corrected chi connectivity index (χ3v) is 3.31. The monoisotopic (exact) mass is 328 g/mol. The SMILES string of the molecule is CCN(CCCBr)C(=O)c1cc(C)cc([N+](=O)[O-])c1. The Morgan fingerprint density at radius 1 is 1.42 bits per heavy atom. The van der Waals surface area contributed by atoms with Gasteiger partial charge in [-0.3, -0.25) is 14.9 Å². The third kappa shape index (κ3) is 4.31. The Morgan fingerprint density at radius 2 is 2.11 bits per heavy atom. The van der Waals surface area contributed by atoms with Crippen molar-refractivity contribution in [2.75, 3.05) is 18.4 Å². The zero-order valence-electron chi connectivity index (χ0n) is 11.1. The maximum Gasteiger partial charge on any atom is 0.270 e. The summed E-state index contributed by atoms with van der Waals surface area (Å²) in [6.07, 6.45) is 0.855. The van der Waals surface area contributed by atoms with Gasteiger partial charge in [-0.1, -0.05) is 15.9 Å². The highest BCUT2D eigenvalue weighted by molar-refractivity contribution is 9.09. The molecule has 19 heavy (non-hydrogen) atoms. The number of halogens is 1. The van der Waals surface area contributed by atoms with E-state index in [0.717, 1.165) is 11.8 Å². The van der Waals surface area contributed by atoms with Gasteiger partial charge in [-0.2, -0.15) is 0 Å². The average molecular weight is 329 g/mol. The Kier molecular flexibility index (Phi) is 5.95. The van der Waals surface area contributed by atoms with Gasteiger partial charge in [-0.15, -0.1) is 0 Å². The molecule has 0 unspecified atom stereocenters.